The average Bonchev–Trinajstić information content (AvgIpc) is 3.30. The van der Waals surface area contributed by atoms with E-state index < -0.39 is 0 Å². The summed E-state index contributed by atoms with van der Waals surface area (Å²) >= 11 is 0. The fourth-order valence-electron chi connectivity index (χ4n) is 4.87. The highest BCUT2D eigenvalue weighted by atomic mass is 16.6. The third-order valence-electron chi connectivity index (χ3n) is 6.19. The number of hydrogen-bond donors (Lipinski definition) is 0. The molecule has 0 spiro atoms. The Morgan fingerprint density at radius 3 is 1.16 bits per heavy atom. The summed E-state index contributed by atoms with van der Waals surface area (Å²) < 4.78 is 0. The highest BCUT2D eigenvalue weighted by molar-refractivity contribution is 6.19. The predicted octanol–water partition coefficient (Wildman–Crippen LogP) is 6.47. The lowest BCUT2D eigenvalue weighted by Crippen LogP contribution is -1.92. The lowest BCUT2D eigenvalue weighted by atomic mass is 9.91. The summed E-state index contributed by atoms with van der Waals surface area (Å²) in [5, 5.41) is 22.8. The summed E-state index contributed by atoms with van der Waals surface area (Å²) in [6, 6.07) is 25.7. The van der Waals surface area contributed by atoms with Crippen molar-refractivity contribution < 1.29 is 9.85 Å². The SMILES string of the molecule is O=[N+]([O-])c1ccc2c(c1)-c1ccccc1/C2=C1\c2ccccc2-c2cc([N+](=O)[O-])ccc21. The maximum absolute atomic E-state index is 11.4. The molecule has 32 heavy (non-hydrogen) atoms. The van der Waals surface area contributed by atoms with E-state index in [0.29, 0.717) is 0 Å². The molecule has 0 aromatic heterocycles. The van der Waals surface area contributed by atoms with Crippen LogP contribution in [0, 0.1) is 20.2 Å². The van der Waals surface area contributed by atoms with E-state index in [9.17, 15) is 20.2 Å². The van der Waals surface area contributed by atoms with Crippen LogP contribution < -0.4 is 0 Å². The zero-order valence-electron chi connectivity index (χ0n) is 16.6. The molecule has 0 unspecified atom stereocenters. The van der Waals surface area contributed by atoms with E-state index >= 15 is 0 Å². The molecule has 6 rings (SSSR count). The minimum absolute atomic E-state index is 0.0488. The van der Waals surface area contributed by atoms with Crippen molar-refractivity contribution >= 4 is 22.5 Å². The Kier molecular flexibility index (Phi) is 3.67. The van der Waals surface area contributed by atoms with Gasteiger partial charge in [-0.25, -0.2) is 0 Å². The molecule has 4 aromatic rings. The van der Waals surface area contributed by atoms with Crippen molar-refractivity contribution in [3.8, 4) is 22.3 Å². The normalized spacial score (nSPS) is 15.0. The summed E-state index contributed by atoms with van der Waals surface area (Å²) in [6.07, 6.45) is 0. The first kappa shape index (κ1) is 18.2. The summed E-state index contributed by atoms with van der Waals surface area (Å²) in [5.74, 6) is 0. The maximum Gasteiger partial charge on any atom is 0.270 e. The van der Waals surface area contributed by atoms with Crippen LogP contribution in [0.4, 0.5) is 11.4 Å². The van der Waals surface area contributed by atoms with Crippen molar-refractivity contribution in [2.75, 3.05) is 0 Å². The van der Waals surface area contributed by atoms with Gasteiger partial charge in [0.15, 0.2) is 0 Å². The summed E-state index contributed by atoms with van der Waals surface area (Å²) in [5.41, 5.74) is 9.47. The quantitative estimate of drug-likeness (QED) is 0.238. The third kappa shape index (κ3) is 2.40. The Balaban J connectivity index is 1.74. The van der Waals surface area contributed by atoms with E-state index in [-0.39, 0.29) is 21.2 Å². The first-order valence-corrected chi connectivity index (χ1v) is 10.1. The molecule has 0 saturated carbocycles. The van der Waals surface area contributed by atoms with E-state index in [0.717, 1.165) is 55.7 Å². The molecule has 6 heteroatoms. The smallest absolute Gasteiger partial charge is 0.258 e. The monoisotopic (exact) mass is 418 g/mol. The van der Waals surface area contributed by atoms with Gasteiger partial charge in [0.2, 0.25) is 0 Å². The molecular formula is C26H14N2O4. The Labute approximate surface area is 182 Å². The number of nitrogens with zero attached hydrogens (tertiary/aromatic N) is 2. The lowest BCUT2D eigenvalue weighted by Gasteiger charge is -2.11. The molecule has 0 fully saturated rings. The van der Waals surface area contributed by atoms with Crippen molar-refractivity contribution in [3.63, 3.8) is 0 Å². The van der Waals surface area contributed by atoms with Gasteiger partial charge in [-0.2, -0.15) is 0 Å². The molecule has 2 aliphatic carbocycles. The first-order valence-electron chi connectivity index (χ1n) is 10.1. The van der Waals surface area contributed by atoms with Crippen LogP contribution in [-0.2, 0) is 0 Å². The number of non-ortho nitro benzene ring substituents is 2. The van der Waals surface area contributed by atoms with Crippen LogP contribution >= 0.6 is 0 Å². The van der Waals surface area contributed by atoms with Crippen LogP contribution in [0.3, 0.4) is 0 Å². The molecule has 0 radical (unpaired) electrons. The molecule has 0 atom stereocenters. The Morgan fingerprint density at radius 1 is 0.438 bits per heavy atom. The molecule has 0 saturated heterocycles. The van der Waals surface area contributed by atoms with Gasteiger partial charge in [-0.15, -0.1) is 0 Å². The second kappa shape index (κ2) is 6.46. The minimum atomic E-state index is -0.382. The number of fused-ring (bicyclic) bond motifs is 6. The Bertz CT molecular complexity index is 1420. The standard InChI is InChI=1S/C26H14N2O4/c29-27(30)15-9-11-21-23(13-15)17-5-1-3-7-19(17)25(21)26-20-8-4-2-6-18(20)24-14-16(28(31)32)10-12-22(24)26/h1-14H/b26-25-. The van der Waals surface area contributed by atoms with Crippen molar-refractivity contribution in [2.24, 2.45) is 0 Å². The topological polar surface area (TPSA) is 86.3 Å². The van der Waals surface area contributed by atoms with E-state index in [1.165, 1.54) is 12.1 Å². The molecule has 0 N–H and O–H groups in total. The molecule has 152 valence electrons. The fraction of sp³-hybridized carbons (Fsp3) is 0. The zero-order valence-corrected chi connectivity index (χ0v) is 16.6. The summed E-state index contributed by atoms with van der Waals surface area (Å²) in [6.45, 7) is 0. The van der Waals surface area contributed by atoms with Crippen molar-refractivity contribution in [2.45, 2.75) is 0 Å². The van der Waals surface area contributed by atoms with Crippen molar-refractivity contribution in [1.29, 1.82) is 0 Å². The van der Waals surface area contributed by atoms with Gasteiger partial charge in [0, 0.05) is 24.3 Å². The lowest BCUT2D eigenvalue weighted by molar-refractivity contribution is -0.385. The van der Waals surface area contributed by atoms with Gasteiger partial charge < -0.3 is 0 Å². The number of hydrogen-bond acceptors (Lipinski definition) is 4. The minimum Gasteiger partial charge on any atom is -0.258 e. The molecule has 0 aliphatic heterocycles. The number of nitro benzene ring substituents is 2. The van der Waals surface area contributed by atoms with Gasteiger partial charge in [0.1, 0.15) is 0 Å². The molecular weight excluding hydrogens is 404 g/mol. The van der Waals surface area contributed by atoms with Gasteiger partial charge in [0.25, 0.3) is 11.4 Å². The van der Waals surface area contributed by atoms with Crippen LogP contribution in [0.1, 0.15) is 22.3 Å². The Morgan fingerprint density at radius 2 is 0.781 bits per heavy atom. The van der Waals surface area contributed by atoms with Crippen LogP contribution in [-0.4, -0.2) is 9.85 Å². The molecule has 0 bridgehead atoms. The molecule has 0 heterocycles. The maximum atomic E-state index is 11.4. The van der Waals surface area contributed by atoms with E-state index in [1.54, 1.807) is 12.1 Å². The van der Waals surface area contributed by atoms with Crippen LogP contribution in [0.25, 0.3) is 33.4 Å². The van der Waals surface area contributed by atoms with Gasteiger partial charge >= 0.3 is 0 Å². The van der Waals surface area contributed by atoms with E-state index in [1.807, 2.05) is 60.7 Å². The average molecular weight is 418 g/mol. The molecule has 2 aliphatic rings. The number of rotatable bonds is 2. The van der Waals surface area contributed by atoms with Crippen LogP contribution in [0.2, 0.25) is 0 Å². The molecule has 6 nitrogen and oxygen atoms in total. The van der Waals surface area contributed by atoms with E-state index in [2.05, 4.69) is 0 Å². The van der Waals surface area contributed by atoms with Crippen LogP contribution in [0.15, 0.2) is 84.9 Å². The highest BCUT2D eigenvalue weighted by Gasteiger charge is 2.33. The van der Waals surface area contributed by atoms with Gasteiger partial charge in [-0.1, -0.05) is 48.5 Å². The fourth-order valence-corrected chi connectivity index (χ4v) is 4.87. The van der Waals surface area contributed by atoms with Gasteiger partial charge in [-0.3, -0.25) is 20.2 Å². The first-order chi connectivity index (χ1) is 15.5. The van der Waals surface area contributed by atoms with Crippen LogP contribution in [0.5, 0.6) is 0 Å². The van der Waals surface area contributed by atoms with Crippen molar-refractivity contribution in [1.82, 2.24) is 0 Å². The number of nitro groups is 2. The second-order valence-electron chi connectivity index (χ2n) is 7.82. The predicted molar refractivity (Wildman–Crippen MR) is 122 cm³/mol. The van der Waals surface area contributed by atoms with E-state index in [4.69, 9.17) is 0 Å². The highest BCUT2D eigenvalue weighted by Crippen LogP contribution is 2.54. The second-order valence-corrected chi connectivity index (χ2v) is 7.82. The Hall–Kier alpha value is -4.58. The largest absolute Gasteiger partial charge is 0.270 e. The van der Waals surface area contributed by atoms with Gasteiger partial charge in [0.05, 0.1) is 9.85 Å². The molecule has 4 aromatic carbocycles. The van der Waals surface area contributed by atoms with Crippen molar-refractivity contribution in [3.05, 3.63) is 127 Å². The molecule has 0 amide bonds. The zero-order chi connectivity index (χ0) is 22.0. The third-order valence-corrected chi connectivity index (χ3v) is 6.19. The summed E-state index contributed by atoms with van der Waals surface area (Å²) in [4.78, 5) is 22.0. The van der Waals surface area contributed by atoms with Gasteiger partial charge in [-0.05, 0) is 67.8 Å². The summed E-state index contributed by atoms with van der Waals surface area (Å²) in [7, 11) is 0. The number of benzene rings is 4.